The average Bonchev–Trinajstić information content (AvgIpc) is 3.14. The molecule has 0 amide bonds. The molecule has 0 spiro atoms. The lowest BCUT2D eigenvalue weighted by atomic mass is 10.1. The Morgan fingerprint density at radius 3 is 0.794 bits per heavy atom. The molecule has 0 aliphatic rings. The molecule has 0 saturated heterocycles. The molecule has 18 nitrogen and oxygen atoms in total. The van der Waals surface area contributed by atoms with Crippen LogP contribution in [-0.2, 0) is 20.2 Å². The topological polar surface area (TPSA) is 287 Å². The third kappa shape index (κ3) is 15.9. The summed E-state index contributed by atoms with van der Waals surface area (Å²) in [5.74, 6) is -14.8. The van der Waals surface area contributed by atoms with Crippen molar-refractivity contribution in [2.24, 2.45) is 0 Å². The molecule has 4 rings (SSSR count). The summed E-state index contributed by atoms with van der Waals surface area (Å²) in [5, 5.41) is 35.6. The summed E-state index contributed by atoms with van der Waals surface area (Å²) in [4.78, 5) is 40.9. The number of non-ortho nitro benzene ring substituents is 4. The highest BCUT2D eigenvalue weighted by Gasteiger charge is 2.83. The van der Waals surface area contributed by atoms with E-state index >= 15 is 0 Å². The Morgan fingerprint density at radius 2 is 0.635 bits per heavy atom. The van der Waals surface area contributed by atoms with Crippen LogP contribution in [0.25, 0.3) is 0 Å². The fourth-order valence-electron chi connectivity index (χ4n) is 3.36. The second-order valence-electron chi connectivity index (χ2n) is 10.7. The monoisotopic (exact) mass is 1190 g/mol. The molecule has 0 unspecified atom stereocenters. The molecule has 0 heterocycles. The van der Waals surface area contributed by atoms with E-state index in [-0.39, 0.29) is 22.7 Å². The Kier molecular flexibility index (Phi) is 19.1. The third-order valence-electron chi connectivity index (χ3n) is 6.23. The highest BCUT2D eigenvalue weighted by molar-refractivity contribution is 7.87. The van der Waals surface area contributed by atoms with Crippen LogP contribution >= 0.6 is 0 Å². The highest BCUT2D eigenvalue weighted by Crippen LogP contribution is 2.54. The van der Waals surface area contributed by atoms with Crippen LogP contribution in [0.5, 0.6) is 0 Å². The second-order valence-corrected chi connectivity index (χ2v) is 19.5. The van der Waals surface area contributed by atoms with Crippen molar-refractivity contribution in [2.75, 3.05) is 0 Å². The molecule has 0 aliphatic heterocycles. The molecular weight excluding hydrogens is 1170 g/mol. The predicted molar refractivity (Wildman–Crippen MR) is 174 cm³/mol. The zero-order valence-electron chi connectivity index (χ0n) is 29.3. The van der Waals surface area contributed by atoms with Gasteiger partial charge in [-0.15, -0.1) is 0 Å². The van der Waals surface area contributed by atoms with E-state index in [1.165, 1.54) is 48.5 Å². The number of benzene rings is 4. The van der Waals surface area contributed by atoms with Gasteiger partial charge in [-0.3, -0.25) is 40.5 Å². The first-order chi connectivity index (χ1) is 28.4. The maximum atomic E-state index is 12.2. The normalized spacial score (nSPS) is 12.2. The van der Waals surface area contributed by atoms with Crippen molar-refractivity contribution in [1.82, 2.24) is 0 Å². The second kappa shape index (κ2) is 21.5. The molecule has 63 heavy (non-hydrogen) atoms. The first-order valence-corrected chi connectivity index (χ1v) is 22.0. The van der Waals surface area contributed by atoms with Crippen molar-refractivity contribution in [3.05, 3.63) is 152 Å². The van der Waals surface area contributed by atoms with E-state index < -0.39 is 111 Å². The standard InChI is InChI=1S/2C12H8IN2O4.C4HF9O3S.CHF3O3S/c2*16-14(17)11-5-1-3-9(7-11)13-10-4-2-6-12(8-10)15(18)19;5-1(6,3(9,10)11)2(7,8)4(12,13)17(14,15)16;2-1(3,4)8(5,6)7/h2*1-8H;(H,14,15,16);(H,5,6,7)/q2*+1;;/p-2. The van der Waals surface area contributed by atoms with Crippen molar-refractivity contribution in [3.63, 3.8) is 0 Å². The summed E-state index contributed by atoms with van der Waals surface area (Å²) in [7, 11) is -13.5. The third-order valence-corrected chi connectivity index (χ3v) is 12.9. The summed E-state index contributed by atoms with van der Waals surface area (Å²) in [6.07, 6.45) is -7.16. The van der Waals surface area contributed by atoms with Crippen LogP contribution in [-0.4, -0.2) is 74.4 Å². The number of nitrogens with zero attached hydrogens (tertiary/aromatic N) is 4. The number of rotatable bonds is 11. The minimum atomic E-state index is -7.43. The van der Waals surface area contributed by atoms with E-state index in [9.17, 15) is 106 Å². The molecule has 4 aromatic rings. The molecule has 34 heteroatoms. The fraction of sp³-hybridized carbons (Fsp3) is 0.172. The summed E-state index contributed by atoms with van der Waals surface area (Å²) >= 11 is -1.33. The van der Waals surface area contributed by atoms with Gasteiger partial charge in [-0.05, 0) is 24.3 Å². The smallest absolute Gasteiger partial charge is 0.485 e. The van der Waals surface area contributed by atoms with Crippen molar-refractivity contribution < 1.29 is 141 Å². The maximum absolute atomic E-state index is 12.2. The van der Waals surface area contributed by atoms with Crippen LogP contribution in [0.15, 0.2) is 97.1 Å². The lowest BCUT2D eigenvalue weighted by molar-refractivity contribution is -0.598. The quantitative estimate of drug-likeness (QED) is 0.0511. The summed E-state index contributed by atoms with van der Waals surface area (Å²) in [6.45, 7) is 0. The van der Waals surface area contributed by atoms with E-state index in [2.05, 4.69) is 0 Å². The van der Waals surface area contributed by atoms with Crippen LogP contribution in [0.1, 0.15) is 0 Å². The van der Waals surface area contributed by atoms with Crippen LogP contribution in [0, 0.1) is 54.7 Å². The number of hydrogen-bond donors (Lipinski definition) is 0. The first kappa shape index (κ1) is 55.9. The predicted octanol–water partition coefficient (Wildman–Crippen LogP) is 1.27. The molecule has 0 atom stereocenters. The van der Waals surface area contributed by atoms with Gasteiger partial charge in [0.25, 0.3) is 22.7 Å². The Balaban J connectivity index is 0.000000436. The largest absolute Gasteiger partial charge is 0.743 e. The van der Waals surface area contributed by atoms with Gasteiger partial charge in [0.15, 0.2) is 20.2 Å². The van der Waals surface area contributed by atoms with Crippen LogP contribution in [0.4, 0.5) is 75.4 Å². The van der Waals surface area contributed by atoms with Gasteiger partial charge in [-0.25, -0.2) is 16.8 Å². The van der Waals surface area contributed by atoms with Crippen molar-refractivity contribution in [1.29, 1.82) is 0 Å². The van der Waals surface area contributed by atoms with Gasteiger partial charge in [0.05, 0.1) is 44.0 Å². The van der Waals surface area contributed by atoms with E-state index in [1.54, 1.807) is 48.5 Å². The molecule has 4 aromatic carbocycles. The summed E-state index contributed by atoms with van der Waals surface area (Å²) < 4.78 is 198. The Morgan fingerprint density at radius 1 is 0.413 bits per heavy atom. The van der Waals surface area contributed by atoms with Gasteiger partial charge >= 0.3 is 71.2 Å². The maximum Gasteiger partial charge on any atom is 0.485 e. The van der Waals surface area contributed by atoms with Gasteiger partial charge in [-0.1, -0.05) is 24.3 Å². The zero-order chi connectivity index (χ0) is 49.2. The first-order valence-electron chi connectivity index (χ1n) is 14.8. The van der Waals surface area contributed by atoms with Crippen molar-refractivity contribution in [3.8, 4) is 0 Å². The Hall–Kier alpha value is -5.08. The number of nitro benzene ring substituents is 4. The van der Waals surface area contributed by atoms with E-state index in [4.69, 9.17) is 13.0 Å². The van der Waals surface area contributed by atoms with Gasteiger partial charge in [0.2, 0.25) is 14.3 Å². The Labute approximate surface area is 362 Å². The molecule has 0 aromatic heterocycles. The molecule has 0 aliphatic carbocycles. The lowest BCUT2D eigenvalue weighted by Crippen LogP contribution is -3.61. The van der Waals surface area contributed by atoms with E-state index in [0.29, 0.717) is 0 Å². The number of halogens is 14. The van der Waals surface area contributed by atoms with Crippen LogP contribution in [0.2, 0.25) is 0 Å². The molecule has 0 radical (unpaired) electrons. The number of nitro groups is 4. The van der Waals surface area contributed by atoms with Crippen LogP contribution in [0.3, 0.4) is 0 Å². The molecular formula is C29H16F12I2N4O14S2. The van der Waals surface area contributed by atoms with Crippen molar-refractivity contribution >= 4 is 43.0 Å². The molecule has 0 saturated carbocycles. The van der Waals surface area contributed by atoms with Crippen LogP contribution < -0.4 is 42.4 Å². The van der Waals surface area contributed by atoms with Gasteiger partial charge in [-0.2, -0.15) is 52.7 Å². The molecule has 0 N–H and O–H groups in total. The van der Waals surface area contributed by atoms with E-state index in [1.807, 2.05) is 0 Å². The summed E-state index contributed by atoms with van der Waals surface area (Å²) in [6, 6.07) is 25.5. The lowest BCUT2D eigenvalue weighted by Gasteiger charge is -2.34. The van der Waals surface area contributed by atoms with Crippen molar-refractivity contribution in [2.45, 2.75) is 28.8 Å². The fourth-order valence-corrected chi connectivity index (χ4v) is 8.69. The minimum Gasteiger partial charge on any atom is -0.743 e. The zero-order valence-corrected chi connectivity index (χ0v) is 35.3. The van der Waals surface area contributed by atoms with Gasteiger partial charge < -0.3 is 9.11 Å². The summed E-state index contributed by atoms with van der Waals surface area (Å²) in [5.41, 5.74) is -5.47. The van der Waals surface area contributed by atoms with E-state index in [0.717, 1.165) is 14.3 Å². The molecule has 0 bridgehead atoms. The number of alkyl halides is 12. The molecule has 346 valence electrons. The van der Waals surface area contributed by atoms with Gasteiger partial charge in [0.1, 0.15) is 0 Å². The minimum absolute atomic E-state index is 0.0441. The Bertz CT molecular complexity index is 2310. The van der Waals surface area contributed by atoms with Gasteiger partial charge in [0, 0.05) is 24.3 Å². The number of hydrogen-bond acceptors (Lipinski definition) is 14. The molecule has 0 fully saturated rings. The SMILES string of the molecule is O=S(=O)([O-])C(F)(F)C(F)(F)C(F)(F)C(F)(F)F.O=S(=O)([O-])C(F)(F)F.O=[N+]([O-])c1cccc([I+]c2cccc([N+](=O)[O-])c2)c1.O=[N+]([O-])c1cccc([I+]c2cccc([N+](=O)[O-])c2)c1. The average molecular weight is 1190 g/mol. The highest BCUT2D eigenvalue weighted by atomic mass is 127.